The monoisotopic (exact) mass is 284 g/mol. The van der Waals surface area contributed by atoms with Crippen molar-refractivity contribution in [3.63, 3.8) is 0 Å². The van der Waals surface area contributed by atoms with Crippen molar-refractivity contribution in [2.45, 2.75) is 45.3 Å². The lowest BCUT2D eigenvalue weighted by Gasteiger charge is -2.47. The van der Waals surface area contributed by atoms with Crippen LogP contribution < -0.4 is 5.32 Å². The van der Waals surface area contributed by atoms with Gasteiger partial charge in [0.1, 0.15) is 0 Å². The number of likely N-dealkylation sites (tertiary alicyclic amines) is 1. The van der Waals surface area contributed by atoms with Crippen molar-refractivity contribution in [3.05, 3.63) is 0 Å². The van der Waals surface area contributed by atoms with Gasteiger partial charge in [0.2, 0.25) is 0 Å². The third-order valence-electron chi connectivity index (χ3n) is 4.10. The van der Waals surface area contributed by atoms with Crippen LogP contribution in [0.3, 0.4) is 0 Å². The number of amides is 1. The van der Waals surface area contributed by atoms with E-state index >= 15 is 0 Å². The topological polar surface area (TPSA) is 67.9 Å². The fourth-order valence-corrected chi connectivity index (χ4v) is 2.80. The molecule has 1 atom stereocenters. The Morgan fingerprint density at radius 1 is 1.35 bits per heavy atom. The standard InChI is InChI=1S/C14H24N2O4/c1-10(2)12-8-15-9-14(20-12)4-6-16(7-5-14)13(18)19-11(3)17/h10,12,15H,4-9H2,1-3H3. The Morgan fingerprint density at radius 2 is 2.00 bits per heavy atom. The molecule has 2 saturated heterocycles. The van der Waals surface area contributed by atoms with Crippen molar-refractivity contribution >= 4 is 12.1 Å². The van der Waals surface area contributed by atoms with E-state index in [9.17, 15) is 9.59 Å². The molecule has 1 amide bonds. The number of nitrogens with one attached hydrogen (secondary N) is 1. The Hall–Kier alpha value is -1.14. The van der Waals surface area contributed by atoms with Crippen molar-refractivity contribution in [3.8, 4) is 0 Å². The van der Waals surface area contributed by atoms with Crippen LogP contribution >= 0.6 is 0 Å². The number of esters is 1. The van der Waals surface area contributed by atoms with Gasteiger partial charge in [0.15, 0.2) is 0 Å². The summed E-state index contributed by atoms with van der Waals surface area (Å²) in [6.07, 6.45) is 1.22. The van der Waals surface area contributed by atoms with Crippen molar-refractivity contribution in [2.75, 3.05) is 26.2 Å². The second-order valence-corrected chi connectivity index (χ2v) is 6.06. The molecule has 6 nitrogen and oxygen atoms in total. The second kappa shape index (κ2) is 6.10. The molecule has 2 rings (SSSR count). The molecule has 0 aromatic carbocycles. The van der Waals surface area contributed by atoms with E-state index in [2.05, 4.69) is 23.9 Å². The average Bonchev–Trinajstić information content (AvgIpc) is 2.38. The first-order valence-electron chi connectivity index (χ1n) is 7.28. The third-order valence-corrected chi connectivity index (χ3v) is 4.10. The van der Waals surface area contributed by atoms with Gasteiger partial charge in [-0.25, -0.2) is 4.79 Å². The Kier molecular flexibility index (Phi) is 4.65. The molecular formula is C14H24N2O4. The zero-order valence-corrected chi connectivity index (χ0v) is 12.5. The molecule has 1 N–H and O–H groups in total. The molecule has 0 saturated carbocycles. The quantitative estimate of drug-likeness (QED) is 0.578. The Labute approximate surface area is 119 Å². The Balaban J connectivity index is 1.89. The van der Waals surface area contributed by atoms with E-state index in [1.165, 1.54) is 6.92 Å². The van der Waals surface area contributed by atoms with Crippen LogP contribution in [0.15, 0.2) is 0 Å². The third kappa shape index (κ3) is 3.49. The summed E-state index contributed by atoms with van der Waals surface area (Å²) in [4.78, 5) is 24.1. The highest BCUT2D eigenvalue weighted by atomic mass is 16.6. The van der Waals surface area contributed by atoms with Crippen molar-refractivity contribution in [1.82, 2.24) is 10.2 Å². The van der Waals surface area contributed by atoms with Gasteiger partial charge in [-0.2, -0.15) is 0 Å². The summed E-state index contributed by atoms with van der Waals surface area (Å²) in [5, 5.41) is 3.44. The highest BCUT2D eigenvalue weighted by Crippen LogP contribution is 2.31. The van der Waals surface area contributed by atoms with Gasteiger partial charge in [-0.05, 0) is 18.8 Å². The summed E-state index contributed by atoms with van der Waals surface area (Å²) in [6, 6.07) is 0. The number of carbonyl (C=O) groups is 2. The fraction of sp³-hybridized carbons (Fsp3) is 0.857. The zero-order valence-electron chi connectivity index (χ0n) is 12.5. The molecule has 1 spiro atoms. The van der Waals surface area contributed by atoms with Crippen LogP contribution in [0.1, 0.15) is 33.6 Å². The number of hydrogen-bond donors (Lipinski definition) is 1. The SMILES string of the molecule is CC(=O)OC(=O)N1CCC2(CC1)CNCC(C(C)C)O2. The number of carbonyl (C=O) groups excluding carboxylic acids is 2. The van der Waals surface area contributed by atoms with Crippen LogP contribution in [0.25, 0.3) is 0 Å². The highest BCUT2D eigenvalue weighted by Gasteiger charge is 2.41. The minimum absolute atomic E-state index is 0.180. The van der Waals surface area contributed by atoms with E-state index in [0.29, 0.717) is 19.0 Å². The Morgan fingerprint density at radius 3 is 2.55 bits per heavy atom. The van der Waals surface area contributed by atoms with Crippen molar-refractivity contribution in [2.24, 2.45) is 5.92 Å². The molecule has 0 aromatic heterocycles. The van der Waals surface area contributed by atoms with Crippen LogP contribution in [-0.4, -0.2) is 54.8 Å². The average molecular weight is 284 g/mol. The van der Waals surface area contributed by atoms with Gasteiger partial charge in [-0.3, -0.25) is 4.79 Å². The minimum atomic E-state index is -0.564. The number of nitrogens with zero attached hydrogens (tertiary/aromatic N) is 1. The summed E-state index contributed by atoms with van der Waals surface area (Å²) in [5.74, 6) is -0.0916. The molecule has 114 valence electrons. The predicted molar refractivity (Wildman–Crippen MR) is 73.3 cm³/mol. The zero-order chi connectivity index (χ0) is 14.8. The maximum atomic E-state index is 11.7. The summed E-state index contributed by atoms with van der Waals surface area (Å²) in [7, 11) is 0. The molecule has 2 aliphatic heterocycles. The van der Waals surface area contributed by atoms with Crippen molar-refractivity contribution in [1.29, 1.82) is 0 Å². The van der Waals surface area contributed by atoms with Crippen LogP contribution in [-0.2, 0) is 14.3 Å². The predicted octanol–water partition coefficient (Wildman–Crippen LogP) is 1.15. The maximum absolute atomic E-state index is 11.7. The molecule has 2 heterocycles. The number of piperidine rings is 1. The van der Waals surface area contributed by atoms with Gasteiger partial charge in [0.05, 0.1) is 11.7 Å². The molecule has 0 bridgehead atoms. The smallest absolute Gasteiger partial charge is 0.376 e. The lowest BCUT2D eigenvalue weighted by molar-refractivity contribution is -0.153. The molecule has 0 aliphatic carbocycles. The van der Waals surface area contributed by atoms with E-state index in [4.69, 9.17) is 4.74 Å². The normalized spacial score (nSPS) is 25.8. The van der Waals surface area contributed by atoms with Gasteiger partial charge in [0, 0.05) is 33.1 Å². The minimum Gasteiger partial charge on any atom is -0.376 e. The molecule has 1 unspecified atom stereocenters. The van der Waals surface area contributed by atoms with Gasteiger partial charge >= 0.3 is 12.1 Å². The molecule has 20 heavy (non-hydrogen) atoms. The van der Waals surface area contributed by atoms with Crippen molar-refractivity contribution < 1.29 is 19.1 Å². The van der Waals surface area contributed by atoms with Gasteiger partial charge in [0.25, 0.3) is 0 Å². The van der Waals surface area contributed by atoms with Gasteiger partial charge < -0.3 is 19.7 Å². The molecule has 0 radical (unpaired) electrons. The summed E-state index contributed by atoms with van der Waals surface area (Å²) in [6.45, 7) is 8.40. The van der Waals surface area contributed by atoms with Crippen LogP contribution in [0.4, 0.5) is 4.79 Å². The molecule has 0 aromatic rings. The summed E-state index contributed by atoms with van der Waals surface area (Å²) < 4.78 is 10.9. The van der Waals surface area contributed by atoms with E-state index in [-0.39, 0.29) is 11.7 Å². The second-order valence-electron chi connectivity index (χ2n) is 6.06. The molecule has 2 fully saturated rings. The molecular weight excluding hydrogens is 260 g/mol. The first kappa shape index (κ1) is 15.3. The lowest BCUT2D eigenvalue weighted by atomic mass is 9.88. The first-order chi connectivity index (χ1) is 9.42. The van der Waals surface area contributed by atoms with Crippen LogP contribution in [0.2, 0.25) is 0 Å². The van der Waals surface area contributed by atoms with Gasteiger partial charge in [-0.15, -0.1) is 0 Å². The first-order valence-corrected chi connectivity index (χ1v) is 7.28. The number of ether oxygens (including phenoxy) is 2. The molecule has 6 heteroatoms. The molecule has 2 aliphatic rings. The largest absolute Gasteiger partial charge is 0.417 e. The number of hydrogen-bond acceptors (Lipinski definition) is 5. The van der Waals surface area contributed by atoms with Crippen LogP contribution in [0, 0.1) is 5.92 Å². The number of morpholine rings is 1. The summed E-state index contributed by atoms with van der Waals surface area (Å²) >= 11 is 0. The lowest BCUT2D eigenvalue weighted by Crippen LogP contribution is -2.59. The van der Waals surface area contributed by atoms with Crippen LogP contribution in [0.5, 0.6) is 0 Å². The maximum Gasteiger partial charge on any atom is 0.417 e. The number of rotatable bonds is 1. The Bertz CT molecular complexity index is 375. The van der Waals surface area contributed by atoms with E-state index < -0.39 is 12.1 Å². The summed E-state index contributed by atoms with van der Waals surface area (Å²) in [5.41, 5.74) is -0.180. The van der Waals surface area contributed by atoms with E-state index in [1.54, 1.807) is 4.90 Å². The van der Waals surface area contributed by atoms with Gasteiger partial charge in [-0.1, -0.05) is 13.8 Å². The van der Waals surface area contributed by atoms with E-state index in [0.717, 1.165) is 25.9 Å². The fourth-order valence-electron chi connectivity index (χ4n) is 2.80. The van der Waals surface area contributed by atoms with E-state index in [1.807, 2.05) is 0 Å². The highest BCUT2D eigenvalue weighted by molar-refractivity contribution is 5.83.